The Morgan fingerprint density at radius 3 is 3.06 bits per heavy atom. The molecule has 0 aromatic carbocycles. The van der Waals surface area contributed by atoms with Gasteiger partial charge in [-0.1, -0.05) is 13.0 Å². The monoisotopic (exact) mass is 234 g/mol. The number of hydrogen-bond donors (Lipinski definition) is 1. The maximum atomic E-state index is 9.83. The van der Waals surface area contributed by atoms with Crippen molar-refractivity contribution in [3.63, 3.8) is 0 Å². The maximum Gasteiger partial charge on any atom is 0.134 e. The van der Waals surface area contributed by atoms with Gasteiger partial charge in [-0.2, -0.15) is 0 Å². The molecular weight excluding hydrogens is 212 g/mol. The summed E-state index contributed by atoms with van der Waals surface area (Å²) in [7, 11) is 0. The third-order valence-electron chi connectivity index (χ3n) is 3.64. The minimum absolute atomic E-state index is 0.446. The van der Waals surface area contributed by atoms with E-state index in [4.69, 9.17) is 0 Å². The molecule has 94 valence electrons. The van der Waals surface area contributed by atoms with Crippen LogP contribution in [0.15, 0.2) is 18.3 Å². The molecule has 2 heterocycles. The predicted octanol–water partition coefficient (Wildman–Crippen LogP) is 2.90. The van der Waals surface area contributed by atoms with Crippen LogP contribution in [0.1, 0.15) is 51.2 Å². The van der Waals surface area contributed by atoms with E-state index in [1.165, 1.54) is 19.3 Å². The lowest BCUT2D eigenvalue weighted by molar-refractivity contribution is 0.199. The fraction of sp³-hybridized carbons (Fsp3) is 0.643. The smallest absolute Gasteiger partial charge is 0.134 e. The number of pyridine rings is 1. The molecule has 2 rings (SSSR count). The van der Waals surface area contributed by atoms with Gasteiger partial charge in [0.2, 0.25) is 0 Å². The van der Waals surface area contributed by atoms with Gasteiger partial charge in [0, 0.05) is 24.3 Å². The first-order valence-corrected chi connectivity index (χ1v) is 6.63. The molecule has 17 heavy (non-hydrogen) atoms. The first-order valence-electron chi connectivity index (χ1n) is 6.63. The van der Waals surface area contributed by atoms with Crippen molar-refractivity contribution in [3.05, 3.63) is 23.9 Å². The van der Waals surface area contributed by atoms with E-state index in [1.807, 2.05) is 25.3 Å². The molecule has 1 saturated heterocycles. The molecule has 2 atom stereocenters. The van der Waals surface area contributed by atoms with Crippen LogP contribution in [0.25, 0.3) is 0 Å². The number of hydrogen-bond acceptors (Lipinski definition) is 3. The first kappa shape index (κ1) is 12.4. The Kier molecular flexibility index (Phi) is 4.00. The van der Waals surface area contributed by atoms with Crippen LogP contribution in [0.3, 0.4) is 0 Å². The van der Waals surface area contributed by atoms with Gasteiger partial charge >= 0.3 is 0 Å². The summed E-state index contributed by atoms with van der Waals surface area (Å²) in [5.74, 6) is 0.981. The van der Waals surface area contributed by atoms with E-state index in [1.54, 1.807) is 0 Å². The van der Waals surface area contributed by atoms with Crippen LogP contribution in [0, 0.1) is 0 Å². The molecule has 1 unspecified atom stereocenters. The third-order valence-corrected chi connectivity index (χ3v) is 3.64. The molecule has 0 aliphatic carbocycles. The highest BCUT2D eigenvalue weighted by atomic mass is 16.3. The molecule has 3 nitrogen and oxygen atoms in total. The molecule has 3 heteroatoms. The Labute approximate surface area is 103 Å². The van der Waals surface area contributed by atoms with Crippen molar-refractivity contribution in [1.29, 1.82) is 0 Å². The van der Waals surface area contributed by atoms with E-state index in [9.17, 15) is 5.11 Å². The number of piperidine rings is 1. The van der Waals surface area contributed by atoms with Gasteiger partial charge in [0.1, 0.15) is 5.82 Å². The molecule has 0 radical (unpaired) electrons. The Balaban J connectivity index is 2.31. The standard InChI is InChI=1S/C14H22N2O/c1-3-12-7-4-5-10-16(12)14-13(11(2)17)8-6-9-15-14/h6,8-9,11-12,17H,3-5,7,10H2,1-2H3/t11-,12?/m1/s1. The predicted molar refractivity (Wildman–Crippen MR) is 70.1 cm³/mol. The van der Waals surface area contributed by atoms with Gasteiger partial charge in [-0.05, 0) is 38.7 Å². The highest BCUT2D eigenvalue weighted by Gasteiger charge is 2.24. The van der Waals surface area contributed by atoms with E-state index in [0.29, 0.717) is 6.04 Å². The summed E-state index contributed by atoms with van der Waals surface area (Å²) >= 11 is 0. The number of aromatic nitrogens is 1. The topological polar surface area (TPSA) is 36.4 Å². The summed E-state index contributed by atoms with van der Waals surface area (Å²) in [5, 5.41) is 9.83. The maximum absolute atomic E-state index is 9.83. The molecular formula is C14H22N2O. The summed E-state index contributed by atoms with van der Waals surface area (Å²) in [5.41, 5.74) is 0.952. The molecule has 1 aromatic heterocycles. The van der Waals surface area contributed by atoms with Crippen LogP contribution in [0.5, 0.6) is 0 Å². The van der Waals surface area contributed by atoms with Crippen LogP contribution in [0.2, 0.25) is 0 Å². The van der Waals surface area contributed by atoms with E-state index in [2.05, 4.69) is 16.8 Å². The second-order valence-electron chi connectivity index (χ2n) is 4.84. The van der Waals surface area contributed by atoms with Crippen molar-refractivity contribution in [3.8, 4) is 0 Å². The zero-order valence-electron chi connectivity index (χ0n) is 10.8. The van der Waals surface area contributed by atoms with Gasteiger partial charge in [-0.3, -0.25) is 0 Å². The van der Waals surface area contributed by atoms with Gasteiger partial charge in [0.25, 0.3) is 0 Å². The van der Waals surface area contributed by atoms with E-state index < -0.39 is 6.10 Å². The van der Waals surface area contributed by atoms with Gasteiger partial charge in [0.15, 0.2) is 0 Å². The Hall–Kier alpha value is -1.09. The molecule has 1 aliphatic rings. The summed E-state index contributed by atoms with van der Waals surface area (Å²) in [6, 6.07) is 4.46. The average molecular weight is 234 g/mol. The van der Waals surface area contributed by atoms with E-state index >= 15 is 0 Å². The summed E-state index contributed by atoms with van der Waals surface area (Å²) < 4.78 is 0. The number of nitrogens with zero attached hydrogens (tertiary/aromatic N) is 2. The number of rotatable bonds is 3. The quantitative estimate of drug-likeness (QED) is 0.873. The zero-order valence-corrected chi connectivity index (χ0v) is 10.8. The lowest BCUT2D eigenvalue weighted by atomic mass is 9.99. The fourth-order valence-electron chi connectivity index (χ4n) is 2.68. The van der Waals surface area contributed by atoms with Crippen LogP contribution < -0.4 is 4.90 Å². The lowest BCUT2D eigenvalue weighted by Gasteiger charge is -2.37. The van der Waals surface area contributed by atoms with E-state index in [0.717, 1.165) is 24.3 Å². The minimum Gasteiger partial charge on any atom is -0.389 e. The Bertz CT molecular complexity index is 365. The zero-order chi connectivity index (χ0) is 12.3. The second kappa shape index (κ2) is 5.50. The lowest BCUT2D eigenvalue weighted by Crippen LogP contribution is -2.40. The van der Waals surface area contributed by atoms with Gasteiger partial charge in [-0.25, -0.2) is 4.98 Å². The molecule has 0 bridgehead atoms. The van der Waals surface area contributed by atoms with Crippen LogP contribution in [-0.4, -0.2) is 22.7 Å². The van der Waals surface area contributed by atoms with Crippen LogP contribution >= 0.6 is 0 Å². The van der Waals surface area contributed by atoms with Crippen molar-refractivity contribution >= 4 is 5.82 Å². The minimum atomic E-state index is -0.446. The Morgan fingerprint density at radius 2 is 2.35 bits per heavy atom. The third kappa shape index (κ3) is 2.60. The van der Waals surface area contributed by atoms with E-state index in [-0.39, 0.29) is 0 Å². The molecule has 1 aliphatic heterocycles. The fourth-order valence-corrected chi connectivity index (χ4v) is 2.68. The van der Waals surface area contributed by atoms with Crippen LogP contribution in [-0.2, 0) is 0 Å². The molecule has 1 aromatic rings. The summed E-state index contributed by atoms with van der Waals surface area (Å²) in [6.45, 7) is 5.11. The van der Waals surface area contributed by atoms with Crippen molar-refractivity contribution in [2.45, 2.75) is 51.7 Å². The number of anilines is 1. The number of aliphatic hydroxyl groups is 1. The molecule has 0 spiro atoms. The van der Waals surface area contributed by atoms with Crippen molar-refractivity contribution in [2.24, 2.45) is 0 Å². The molecule has 0 saturated carbocycles. The van der Waals surface area contributed by atoms with Gasteiger partial charge in [0.05, 0.1) is 6.10 Å². The number of aliphatic hydroxyl groups excluding tert-OH is 1. The normalized spacial score (nSPS) is 22.5. The largest absolute Gasteiger partial charge is 0.389 e. The highest BCUT2D eigenvalue weighted by Crippen LogP contribution is 2.30. The average Bonchev–Trinajstić information content (AvgIpc) is 2.38. The summed E-state index contributed by atoms with van der Waals surface area (Å²) in [6.07, 6.45) is 6.31. The van der Waals surface area contributed by atoms with Crippen molar-refractivity contribution in [2.75, 3.05) is 11.4 Å². The molecule has 1 N–H and O–H groups in total. The van der Waals surface area contributed by atoms with Crippen LogP contribution in [0.4, 0.5) is 5.82 Å². The molecule has 1 fully saturated rings. The van der Waals surface area contributed by atoms with Gasteiger partial charge in [-0.15, -0.1) is 0 Å². The van der Waals surface area contributed by atoms with Crippen molar-refractivity contribution < 1.29 is 5.11 Å². The SMILES string of the molecule is CCC1CCCCN1c1ncccc1[C@@H](C)O. The summed E-state index contributed by atoms with van der Waals surface area (Å²) in [4.78, 5) is 6.87. The highest BCUT2D eigenvalue weighted by molar-refractivity contribution is 5.49. The van der Waals surface area contributed by atoms with Gasteiger partial charge < -0.3 is 10.0 Å². The Morgan fingerprint density at radius 1 is 1.53 bits per heavy atom. The second-order valence-corrected chi connectivity index (χ2v) is 4.84. The van der Waals surface area contributed by atoms with Crippen molar-refractivity contribution in [1.82, 2.24) is 4.98 Å². The first-order chi connectivity index (χ1) is 8.24. The molecule has 0 amide bonds.